The number of aromatic nitrogens is 2. The van der Waals surface area contributed by atoms with Crippen LogP contribution in [0.5, 0.6) is 0 Å². The molecule has 1 N–H and O–H groups in total. The molecule has 1 heterocycles. The molecular formula is C19H12Cl2N2. The number of nitrogens with one attached hydrogen (secondary N) is 1. The van der Waals surface area contributed by atoms with Crippen molar-refractivity contribution in [3.8, 4) is 22.5 Å². The number of hydrogen-bond acceptors (Lipinski definition) is 1. The van der Waals surface area contributed by atoms with E-state index >= 15 is 0 Å². The van der Waals surface area contributed by atoms with E-state index in [9.17, 15) is 0 Å². The molecular weight excluding hydrogens is 327 g/mol. The van der Waals surface area contributed by atoms with Gasteiger partial charge < -0.3 is 4.98 Å². The molecule has 3 aromatic carbocycles. The van der Waals surface area contributed by atoms with Gasteiger partial charge in [-0.15, -0.1) is 0 Å². The monoisotopic (exact) mass is 338 g/mol. The van der Waals surface area contributed by atoms with Crippen LogP contribution in [0.15, 0.2) is 66.7 Å². The van der Waals surface area contributed by atoms with E-state index in [1.54, 1.807) is 6.07 Å². The van der Waals surface area contributed by atoms with Crippen LogP contribution in [0, 0.1) is 0 Å². The fraction of sp³-hybridized carbons (Fsp3) is 0. The molecule has 0 saturated carbocycles. The van der Waals surface area contributed by atoms with Crippen molar-refractivity contribution in [1.82, 2.24) is 9.97 Å². The van der Waals surface area contributed by atoms with E-state index in [-0.39, 0.29) is 0 Å². The van der Waals surface area contributed by atoms with Crippen molar-refractivity contribution in [1.29, 1.82) is 0 Å². The molecule has 0 fully saturated rings. The van der Waals surface area contributed by atoms with E-state index in [1.807, 2.05) is 60.7 Å². The van der Waals surface area contributed by atoms with Crippen LogP contribution in [0.3, 0.4) is 0 Å². The molecule has 0 atom stereocenters. The van der Waals surface area contributed by atoms with Gasteiger partial charge in [0.05, 0.1) is 11.0 Å². The number of aromatic amines is 1. The second kappa shape index (κ2) is 5.73. The van der Waals surface area contributed by atoms with Crippen molar-refractivity contribution in [2.45, 2.75) is 0 Å². The molecule has 0 saturated heterocycles. The molecule has 1 aromatic heterocycles. The molecule has 0 radical (unpaired) electrons. The molecule has 0 aliphatic heterocycles. The third-order valence-corrected chi connectivity index (χ3v) is 4.35. The number of rotatable bonds is 2. The van der Waals surface area contributed by atoms with Gasteiger partial charge in [0.2, 0.25) is 0 Å². The first-order chi connectivity index (χ1) is 11.2. The van der Waals surface area contributed by atoms with Crippen LogP contribution in [0.2, 0.25) is 10.0 Å². The molecule has 4 aromatic rings. The second-order valence-electron chi connectivity index (χ2n) is 5.27. The van der Waals surface area contributed by atoms with E-state index in [0.29, 0.717) is 10.0 Å². The van der Waals surface area contributed by atoms with Gasteiger partial charge in [0.25, 0.3) is 0 Å². The van der Waals surface area contributed by atoms with Gasteiger partial charge in [-0.25, -0.2) is 4.98 Å². The molecule has 0 bridgehead atoms. The molecule has 4 rings (SSSR count). The Morgan fingerprint density at radius 2 is 1.48 bits per heavy atom. The quantitative estimate of drug-likeness (QED) is 0.462. The summed E-state index contributed by atoms with van der Waals surface area (Å²) in [6, 6.07) is 21.5. The van der Waals surface area contributed by atoms with Gasteiger partial charge in [-0.3, -0.25) is 0 Å². The minimum absolute atomic E-state index is 0.656. The van der Waals surface area contributed by atoms with Crippen LogP contribution in [-0.4, -0.2) is 9.97 Å². The second-order valence-corrected chi connectivity index (χ2v) is 6.12. The van der Waals surface area contributed by atoms with Gasteiger partial charge in [0.1, 0.15) is 5.82 Å². The first-order valence-electron chi connectivity index (χ1n) is 7.22. The number of para-hydroxylation sites is 2. The number of hydrogen-bond donors (Lipinski definition) is 1. The first-order valence-corrected chi connectivity index (χ1v) is 7.97. The van der Waals surface area contributed by atoms with Crippen LogP contribution in [0.1, 0.15) is 0 Å². The Morgan fingerprint density at radius 3 is 2.30 bits per heavy atom. The van der Waals surface area contributed by atoms with Crippen LogP contribution in [-0.2, 0) is 0 Å². The zero-order chi connectivity index (χ0) is 15.8. The highest BCUT2D eigenvalue weighted by molar-refractivity contribution is 6.35. The van der Waals surface area contributed by atoms with Crippen molar-refractivity contribution in [2.24, 2.45) is 0 Å². The fourth-order valence-corrected chi connectivity index (χ4v) is 3.10. The lowest BCUT2D eigenvalue weighted by molar-refractivity contribution is 1.34. The van der Waals surface area contributed by atoms with Crippen molar-refractivity contribution < 1.29 is 0 Å². The van der Waals surface area contributed by atoms with E-state index in [2.05, 4.69) is 9.97 Å². The zero-order valence-corrected chi connectivity index (χ0v) is 13.6. The third kappa shape index (κ3) is 2.61. The smallest absolute Gasteiger partial charge is 0.139 e. The third-order valence-electron chi connectivity index (χ3n) is 3.79. The summed E-state index contributed by atoms with van der Waals surface area (Å²) in [5.41, 5.74) is 4.84. The zero-order valence-electron chi connectivity index (χ0n) is 12.1. The van der Waals surface area contributed by atoms with Crippen LogP contribution in [0.25, 0.3) is 33.5 Å². The highest BCUT2D eigenvalue weighted by Crippen LogP contribution is 2.36. The maximum atomic E-state index is 6.38. The minimum Gasteiger partial charge on any atom is -0.338 e. The Labute approximate surface area is 143 Å². The summed E-state index contributed by atoms with van der Waals surface area (Å²) in [5, 5.41) is 1.32. The minimum atomic E-state index is 0.656. The van der Waals surface area contributed by atoms with Crippen LogP contribution >= 0.6 is 23.2 Å². The highest BCUT2D eigenvalue weighted by Gasteiger charge is 2.13. The Morgan fingerprint density at radius 1 is 0.739 bits per heavy atom. The van der Waals surface area contributed by atoms with Crippen molar-refractivity contribution in [2.75, 3.05) is 0 Å². The summed E-state index contributed by atoms with van der Waals surface area (Å²) >= 11 is 12.5. The van der Waals surface area contributed by atoms with E-state index < -0.39 is 0 Å². The molecule has 0 amide bonds. The van der Waals surface area contributed by atoms with E-state index in [0.717, 1.165) is 33.5 Å². The number of halogens is 2. The predicted octanol–water partition coefficient (Wildman–Crippen LogP) is 6.20. The van der Waals surface area contributed by atoms with Crippen molar-refractivity contribution in [3.05, 3.63) is 76.8 Å². The number of imidazole rings is 1. The lowest BCUT2D eigenvalue weighted by Gasteiger charge is -2.10. The Hall–Kier alpha value is -2.29. The summed E-state index contributed by atoms with van der Waals surface area (Å²) < 4.78 is 0. The normalized spacial score (nSPS) is 11.0. The number of fused-ring (bicyclic) bond motifs is 1. The lowest BCUT2D eigenvalue weighted by Crippen LogP contribution is -1.88. The van der Waals surface area contributed by atoms with Gasteiger partial charge >= 0.3 is 0 Å². The average Bonchev–Trinajstić information content (AvgIpc) is 3.01. The molecule has 0 aliphatic carbocycles. The lowest BCUT2D eigenvalue weighted by atomic mass is 9.99. The number of H-pyrrole nitrogens is 1. The predicted molar refractivity (Wildman–Crippen MR) is 97.0 cm³/mol. The molecule has 4 heteroatoms. The number of benzene rings is 3. The maximum Gasteiger partial charge on any atom is 0.139 e. The Kier molecular flexibility index (Phi) is 3.56. The van der Waals surface area contributed by atoms with Gasteiger partial charge in [-0.05, 0) is 35.9 Å². The molecule has 0 aliphatic rings. The van der Waals surface area contributed by atoms with Gasteiger partial charge in [0.15, 0.2) is 0 Å². The molecule has 2 nitrogen and oxygen atoms in total. The van der Waals surface area contributed by atoms with Crippen LogP contribution < -0.4 is 0 Å². The topological polar surface area (TPSA) is 28.7 Å². The molecule has 112 valence electrons. The van der Waals surface area contributed by atoms with Gasteiger partial charge in [-0.2, -0.15) is 0 Å². The van der Waals surface area contributed by atoms with E-state index in [4.69, 9.17) is 23.2 Å². The first kappa shape index (κ1) is 14.3. The Bertz CT molecular complexity index is 972. The highest BCUT2D eigenvalue weighted by atomic mass is 35.5. The molecule has 0 unspecified atom stereocenters. The van der Waals surface area contributed by atoms with Crippen molar-refractivity contribution >= 4 is 34.2 Å². The maximum absolute atomic E-state index is 6.38. The molecule has 23 heavy (non-hydrogen) atoms. The average molecular weight is 339 g/mol. The van der Waals surface area contributed by atoms with Crippen LogP contribution in [0.4, 0.5) is 0 Å². The van der Waals surface area contributed by atoms with Gasteiger partial charge in [0, 0.05) is 21.2 Å². The SMILES string of the molecule is Clc1ccc(Cl)c(-c2ccccc2-c2nc3ccccc3[nH]2)c1. The standard InChI is InChI=1S/C19H12Cl2N2/c20-12-9-10-16(21)15(11-12)13-5-1-2-6-14(13)19-22-17-7-3-4-8-18(17)23-19/h1-11H,(H,22,23). The summed E-state index contributed by atoms with van der Waals surface area (Å²) in [6.45, 7) is 0. The number of nitrogens with zero attached hydrogens (tertiary/aromatic N) is 1. The summed E-state index contributed by atoms with van der Waals surface area (Å²) in [7, 11) is 0. The summed E-state index contributed by atoms with van der Waals surface area (Å²) in [6.07, 6.45) is 0. The summed E-state index contributed by atoms with van der Waals surface area (Å²) in [5.74, 6) is 0.817. The van der Waals surface area contributed by atoms with E-state index in [1.165, 1.54) is 0 Å². The van der Waals surface area contributed by atoms with Gasteiger partial charge in [-0.1, -0.05) is 59.6 Å². The summed E-state index contributed by atoms with van der Waals surface area (Å²) in [4.78, 5) is 8.06. The largest absolute Gasteiger partial charge is 0.338 e. The van der Waals surface area contributed by atoms with Crippen molar-refractivity contribution in [3.63, 3.8) is 0 Å². The fourth-order valence-electron chi connectivity index (χ4n) is 2.71. The molecule has 0 spiro atoms. The Balaban J connectivity index is 1.95.